The number of Topliss-reactive ketones (excluding diaryl/α,β-unsaturated/α-hetero) is 1. The van der Waals surface area contributed by atoms with Crippen molar-refractivity contribution in [1.29, 1.82) is 0 Å². The summed E-state index contributed by atoms with van der Waals surface area (Å²) < 4.78 is 1.08. The largest absolute Gasteiger partial charge is 0.292 e. The van der Waals surface area contributed by atoms with E-state index in [1.54, 1.807) is 6.07 Å². The van der Waals surface area contributed by atoms with Gasteiger partial charge in [0, 0.05) is 22.8 Å². The van der Waals surface area contributed by atoms with Gasteiger partial charge in [0.15, 0.2) is 5.78 Å². The molecule has 0 bridgehead atoms. The summed E-state index contributed by atoms with van der Waals surface area (Å²) >= 11 is 11.7. The van der Waals surface area contributed by atoms with Crippen LogP contribution in [0.25, 0.3) is 0 Å². The smallest absolute Gasteiger partial charge is 0.267 e. The summed E-state index contributed by atoms with van der Waals surface area (Å²) in [6.45, 7) is -0.152. The summed E-state index contributed by atoms with van der Waals surface area (Å²) in [4.78, 5) is 23.4. The van der Waals surface area contributed by atoms with E-state index in [2.05, 4.69) is 5.10 Å². The van der Waals surface area contributed by atoms with Gasteiger partial charge in [-0.3, -0.25) is 9.59 Å². The van der Waals surface area contributed by atoms with Crippen LogP contribution in [0.15, 0.2) is 41.3 Å². The normalized spacial score (nSPS) is 10.3. The van der Waals surface area contributed by atoms with Crippen molar-refractivity contribution in [2.45, 2.75) is 6.54 Å². The minimum atomic E-state index is -0.337. The lowest BCUT2D eigenvalue weighted by Gasteiger charge is -2.05. The first kappa shape index (κ1) is 12.8. The Morgan fingerprint density at radius 2 is 2.06 bits per heavy atom. The van der Waals surface area contributed by atoms with Crippen molar-refractivity contribution in [2.75, 3.05) is 0 Å². The summed E-state index contributed by atoms with van der Waals surface area (Å²) in [5, 5.41) is 4.52. The number of nitrogens with zero attached hydrogens (tertiary/aromatic N) is 2. The zero-order chi connectivity index (χ0) is 13.1. The van der Waals surface area contributed by atoms with Crippen molar-refractivity contribution in [3.8, 4) is 0 Å². The molecule has 6 heteroatoms. The van der Waals surface area contributed by atoms with Crippen LogP contribution in [0.1, 0.15) is 10.4 Å². The van der Waals surface area contributed by atoms with Gasteiger partial charge in [-0.1, -0.05) is 23.2 Å². The van der Waals surface area contributed by atoms with Crippen LogP contribution in [-0.2, 0) is 6.54 Å². The number of hydrogen-bond donors (Lipinski definition) is 0. The minimum Gasteiger partial charge on any atom is -0.292 e. The van der Waals surface area contributed by atoms with Crippen molar-refractivity contribution < 1.29 is 4.79 Å². The molecule has 0 aliphatic carbocycles. The average Bonchev–Trinajstić information content (AvgIpc) is 2.32. The quantitative estimate of drug-likeness (QED) is 0.813. The van der Waals surface area contributed by atoms with Gasteiger partial charge < -0.3 is 0 Å². The van der Waals surface area contributed by atoms with E-state index < -0.39 is 0 Å². The van der Waals surface area contributed by atoms with Gasteiger partial charge >= 0.3 is 0 Å². The molecular weight excluding hydrogens is 275 g/mol. The van der Waals surface area contributed by atoms with Gasteiger partial charge in [-0.15, -0.1) is 0 Å². The molecule has 0 unspecified atom stereocenters. The summed E-state index contributed by atoms with van der Waals surface area (Å²) in [5.41, 5.74) is -0.0189. The lowest BCUT2D eigenvalue weighted by atomic mass is 10.1. The number of carbonyl (C=O) groups is 1. The van der Waals surface area contributed by atoms with Crippen LogP contribution < -0.4 is 5.56 Å². The second-order valence-corrected chi connectivity index (χ2v) is 4.41. The zero-order valence-electron chi connectivity index (χ0n) is 9.14. The van der Waals surface area contributed by atoms with E-state index in [0.29, 0.717) is 10.6 Å². The predicted octanol–water partition coefficient (Wildman–Crippen LogP) is 2.43. The van der Waals surface area contributed by atoms with E-state index in [-0.39, 0.29) is 22.9 Å². The number of aromatic nitrogens is 2. The van der Waals surface area contributed by atoms with E-state index >= 15 is 0 Å². The highest BCUT2D eigenvalue weighted by atomic mass is 35.5. The Labute approximate surface area is 113 Å². The summed E-state index contributed by atoms with van der Waals surface area (Å²) in [6, 6.07) is 7.43. The van der Waals surface area contributed by atoms with E-state index in [1.807, 2.05) is 0 Å². The van der Waals surface area contributed by atoms with Crippen LogP contribution in [0.2, 0.25) is 10.0 Å². The molecule has 1 heterocycles. The van der Waals surface area contributed by atoms with E-state index in [4.69, 9.17) is 23.2 Å². The van der Waals surface area contributed by atoms with E-state index in [0.717, 1.165) is 4.68 Å². The van der Waals surface area contributed by atoms with Crippen LogP contribution in [0, 0.1) is 0 Å². The molecule has 0 amide bonds. The Bertz CT molecular complexity index is 653. The van der Waals surface area contributed by atoms with Gasteiger partial charge in [-0.25, -0.2) is 4.68 Å². The fourth-order valence-corrected chi connectivity index (χ4v) is 1.96. The molecule has 0 radical (unpaired) electrons. The highest BCUT2D eigenvalue weighted by Gasteiger charge is 2.12. The second kappa shape index (κ2) is 5.33. The van der Waals surface area contributed by atoms with Crippen molar-refractivity contribution in [2.24, 2.45) is 0 Å². The Balaban J connectivity index is 2.28. The van der Waals surface area contributed by atoms with Crippen molar-refractivity contribution in [3.63, 3.8) is 0 Å². The molecule has 0 saturated carbocycles. The van der Waals surface area contributed by atoms with Gasteiger partial charge in [0.1, 0.15) is 6.54 Å². The maximum atomic E-state index is 12.0. The van der Waals surface area contributed by atoms with Gasteiger partial charge in [0.2, 0.25) is 0 Å². The van der Waals surface area contributed by atoms with Crippen LogP contribution in [0.4, 0.5) is 0 Å². The highest BCUT2D eigenvalue weighted by Crippen LogP contribution is 2.21. The molecule has 0 atom stereocenters. The van der Waals surface area contributed by atoms with Crippen LogP contribution in [-0.4, -0.2) is 15.6 Å². The van der Waals surface area contributed by atoms with Crippen LogP contribution in [0.3, 0.4) is 0 Å². The van der Waals surface area contributed by atoms with Crippen molar-refractivity contribution in [3.05, 3.63) is 62.5 Å². The number of rotatable bonds is 3. The molecule has 18 heavy (non-hydrogen) atoms. The molecule has 2 rings (SSSR count). The number of carbonyl (C=O) groups excluding carboxylic acids is 1. The molecular formula is C12H8Cl2N2O2. The summed E-state index contributed by atoms with van der Waals surface area (Å²) in [5.74, 6) is -0.294. The Kier molecular flexibility index (Phi) is 3.79. The monoisotopic (exact) mass is 282 g/mol. The van der Waals surface area contributed by atoms with E-state index in [1.165, 1.54) is 30.5 Å². The number of ketones is 1. The van der Waals surface area contributed by atoms with E-state index in [9.17, 15) is 9.59 Å². The lowest BCUT2D eigenvalue weighted by molar-refractivity contribution is 0.0966. The first-order valence-corrected chi connectivity index (χ1v) is 5.84. The Morgan fingerprint density at radius 3 is 2.72 bits per heavy atom. The van der Waals surface area contributed by atoms with Crippen molar-refractivity contribution >= 4 is 29.0 Å². The molecule has 0 aliphatic heterocycles. The second-order valence-electron chi connectivity index (χ2n) is 3.57. The Morgan fingerprint density at radius 1 is 1.28 bits per heavy atom. The SMILES string of the molecule is O=C(Cn1ncccc1=O)c1ccc(Cl)cc1Cl. The van der Waals surface area contributed by atoms with Crippen LogP contribution >= 0.6 is 23.2 Å². The maximum absolute atomic E-state index is 12.0. The van der Waals surface area contributed by atoms with Gasteiger partial charge in [0.25, 0.3) is 5.56 Å². The fraction of sp³-hybridized carbons (Fsp3) is 0.0833. The van der Waals surface area contributed by atoms with Crippen LogP contribution in [0.5, 0.6) is 0 Å². The first-order valence-electron chi connectivity index (χ1n) is 5.08. The predicted molar refractivity (Wildman–Crippen MR) is 69.3 cm³/mol. The highest BCUT2D eigenvalue weighted by molar-refractivity contribution is 6.36. The zero-order valence-corrected chi connectivity index (χ0v) is 10.6. The summed E-state index contributed by atoms with van der Waals surface area (Å²) in [6.07, 6.45) is 1.44. The van der Waals surface area contributed by atoms with Crippen molar-refractivity contribution in [1.82, 2.24) is 9.78 Å². The lowest BCUT2D eigenvalue weighted by Crippen LogP contribution is -2.25. The molecule has 4 nitrogen and oxygen atoms in total. The average molecular weight is 283 g/mol. The number of halogens is 2. The van der Waals surface area contributed by atoms with Gasteiger partial charge in [0.05, 0.1) is 5.02 Å². The van der Waals surface area contributed by atoms with Gasteiger partial charge in [-0.2, -0.15) is 5.10 Å². The third-order valence-electron chi connectivity index (χ3n) is 2.31. The fourth-order valence-electron chi connectivity index (χ4n) is 1.44. The molecule has 0 saturated heterocycles. The molecule has 2 aromatic rings. The molecule has 0 aliphatic rings. The first-order chi connectivity index (χ1) is 8.58. The number of hydrogen-bond acceptors (Lipinski definition) is 3. The molecule has 0 spiro atoms. The van der Waals surface area contributed by atoms with Gasteiger partial charge in [-0.05, 0) is 24.3 Å². The molecule has 0 fully saturated rings. The molecule has 0 N–H and O–H groups in total. The standard InChI is InChI=1S/C12H8Cl2N2O2/c13-8-3-4-9(10(14)6-8)11(17)7-16-12(18)2-1-5-15-16/h1-6H,7H2. The summed E-state index contributed by atoms with van der Waals surface area (Å²) in [7, 11) is 0. The molecule has 1 aromatic heterocycles. The third-order valence-corrected chi connectivity index (χ3v) is 2.86. The number of benzene rings is 1. The molecule has 1 aromatic carbocycles. The molecule has 92 valence electrons. The third kappa shape index (κ3) is 2.78. The topological polar surface area (TPSA) is 52.0 Å². The maximum Gasteiger partial charge on any atom is 0.267 e. The Hall–Kier alpha value is -1.65. The minimum absolute atomic E-state index is 0.152.